The van der Waals surface area contributed by atoms with Crippen molar-refractivity contribution in [2.45, 2.75) is 15.1 Å². The number of aromatic nitrogens is 2. The van der Waals surface area contributed by atoms with Crippen molar-refractivity contribution >= 4 is 52.4 Å². The number of primary amides is 1. The van der Waals surface area contributed by atoms with Gasteiger partial charge in [-0.25, -0.2) is 0 Å². The molecule has 3 N–H and O–H groups in total. The molecule has 0 radical (unpaired) electrons. The predicted octanol–water partition coefficient (Wildman–Crippen LogP) is 2.24. The molecule has 0 spiro atoms. The Kier molecular flexibility index (Phi) is 6.69. The lowest BCUT2D eigenvalue weighted by atomic mass is 10.3. The number of rotatable bonds is 8. The number of benzene rings is 1. The molecule has 0 fully saturated rings. The molecule has 0 saturated heterocycles. The van der Waals surface area contributed by atoms with E-state index in [-0.39, 0.29) is 17.6 Å². The van der Waals surface area contributed by atoms with Crippen molar-refractivity contribution in [1.82, 2.24) is 10.2 Å². The van der Waals surface area contributed by atoms with Crippen molar-refractivity contribution in [3.63, 3.8) is 0 Å². The third-order valence-corrected chi connectivity index (χ3v) is 5.55. The minimum absolute atomic E-state index is 0.0356. The number of para-hydroxylation sites is 1. The van der Waals surface area contributed by atoms with Crippen LogP contribution in [-0.2, 0) is 9.59 Å². The van der Waals surface area contributed by atoms with Crippen LogP contribution in [0.25, 0.3) is 0 Å². The van der Waals surface area contributed by atoms with E-state index >= 15 is 0 Å². The highest BCUT2D eigenvalue weighted by Crippen LogP contribution is 2.28. The first-order chi connectivity index (χ1) is 10.6. The van der Waals surface area contributed by atoms with Gasteiger partial charge in [0, 0.05) is 17.9 Å². The van der Waals surface area contributed by atoms with Gasteiger partial charge >= 0.3 is 0 Å². The van der Waals surface area contributed by atoms with Crippen LogP contribution in [0.1, 0.15) is 6.42 Å². The number of hydrogen-bond donors (Lipinski definition) is 2. The summed E-state index contributed by atoms with van der Waals surface area (Å²) in [6.07, 6.45) is 0.392. The molecule has 2 amide bonds. The smallest absolute Gasteiger partial charge is 0.227 e. The molecule has 116 valence electrons. The number of nitrogens with one attached hydrogen (secondary N) is 1. The highest BCUT2D eigenvalue weighted by Gasteiger charge is 2.08. The first-order valence-corrected chi connectivity index (χ1v) is 9.14. The van der Waals surface area contributed by atoms with Crippen LogP contribution in [0.5, 0.6) is 0 Å². The third kappa shape index (κ3) is 6.04. The SMILES string of the molecule is NC(=O)CSc1nnc(SCCC(=O)Nc2ccccc2)s1. The van der Waals surface area contributed by atoms with Gasteiger partial charge in [-0.1, -0.05) is 53.1 Å². The fraction of sp³-hybridized carbons (Fsp3) is 0.231. The molecule has 0 saturated carbocycles. The molecule has 2 aromatic rings. The second-order valence-electron chi connectivity index (χ2n) is 4.10. The van der Waals surface area contributed by atoms with Crippen LogP contribution in [0.4, 0.5) is 5.69 Å². The molecule has 0 aliphatic rings. The number of amides is 2. The summed E-state index contributed by atoms with van der Waals surface area (Å²) in [6, 6.07) is 9.33. The monoisotopic (exact) mass is 354 g/mol. The van der Waals surface area contributed by atoms with Crippen LogP contribution in [0.15, 0.2) is 39.0 Å². The maximum absolute atomic E-state index is 11.8. The second kappa shape index (κ2) is 8.76. The van der Waals surface area contributed by atoms with Gasteiger partial charge in [0.15, 0.2) is 8.68 Å². The number of thioether (sulfide) groups is 2. The predicted molar refractivity (Wildman–Crippen MR) is 90.2 cm³/mol. The molecule has 0 bridgehead atoms. The molecule has 0 atom stereocenters. The molecule has 1 heterocycles. The summed E-state index contributed by atoms with van der Waals surface area (Å²) >= 11 is 4.13. The molecule has 1 aromatic heterocycles. The zero-order valence-corrected chi connectivity index (χ0v) is 14.0. The highest BCUT2D eigenvalue weighted by molar-refractivity contribution is 8.03. The lowest BCUT2D eigenvalue weighted by molar-refractivity contribution is -0.116. The van der Waals surface area contributed by atoms with Crippen molar-refractivity contribution in [3.05, 3.63) is 30.3 Å². The zero-order valence-electron chi connectivity index (χ0n) is 11.5. The summed E-state index contributed by atoms with van der Waals surface area (Å²) in [7, 11) is 0. The average Bonchev–Trinajstić information content (AvgIpc) is 2.94. The summed E-state index contributed by atoms with van der Waals surface area (Å²) in [4.78, 5) is 22.5. The van der Waals surface area contributed by atoms with E-state index in [1.54, 1.807) is 0 Å². The maximum atomic E-state index is 11.8. The number of carbonyl (C=O) groups is 2. The van der Waals surface area contributed by atoms with E-state index in [0.717, 1.165) is 10.0 Å². The summed E-state index contributed by atoms with van der Waals surface area (Å²) in [5.74, 6) is 0.394. The van der Waals surface area contributed by atoms with Crippen molar-refractivity contribution in [2.75, 3.05) is 16.8 Å². The van der Waals surface area contributed by atoms with E-state index in [1.807, 2.05) is 30.3 Å². The fourth-order valence-electron chi connectivity index (χ4n) is 1.42. The molecule has 0 aliphatic heterocycles. The minimum Gasteiger partial charge on any atom is -0.369 e. The Morgan fingerprint density at radius 2 is 1.82 bits per heavy atom. The zero-order chi connectivity index (χ0) is 15.8. The van der Waals surface area contributed by atoms with Gasteiger partial charge in [-0.2, -0.15) is 0 Å². The van der Waals surface area contributed by atoms with E-state index in [4.69, 9.17) is 5.73 Å². The molecule has 1 aromatic carbocycles. The number of hydrogen-bond acceptors (Lipinski definition) is 7. The second-order valence-corrected chi connectivity index (χ2v) is 7.64. The standard InChI is InChI=1S/C13H14N4O2S3/c14-10(18)8-21-13-17-16-12(22-13)20-7-6-11(19)15-9-4-2-1-3-5-9/h1-5H,6-8H2,(H2,14,18)(H,15,19). The van der Waals surface area contributed by atoms with Crippen LogP contribution < -0.4 is 11.1 Å². The van der Waals surface area contributed by atoms with Gasteiger partial charge in [-0.05, 0) is 12.1 Å². The van der Waals surface area contributed by atoms with E-state index in [9.17, 15) is 9.59 Å². The minimum atomic E-state index is -0.382. The van der Waals surface area contributed by atoms with Gasteiger partial charge in [0.2, 0.25) is 11.8 Å². The molecule has 0 aliphatic carbocycles. The van der Waals surface area contributed by atoms with Gasteiger partial charge in [0.05, 0.1) is 5.75 Å². The summed E-state index contributed by atoms with van der Waals surface area (Å²) in [5, 5.41) is 10.8. The van der Waals surface area contributed by atoms with Gasteiger partial charge < -0.3 is 11.1 Å². The Hall–Kier alpha value is -1.58. The van der Waals surface area contributed by atoms with Crippen LogP contribution in [-0.4, -0.2) is 33.5 Å². The first kappa shape index (κ1) is 16.8. The topological polar surface area (TPSA) is 98.0 Å². The lowest BCUT2D eigenvalue weighted by Gasteiger charge is -2.03. The molecular weight excluding hydrogens is 340 g/mol. The number of nitrogens with two attached hydrogens (primary N) is 1. The van der Waals surface area contributed by atoms with E-state index < -0.39 is 0 Å². The number of anilines is 1. The van der Waals surface area contributed by atoms with Crippen LogP contribution in [0.3, 0.4) is 0 Å². The summed E-state index contributed by atoms with van der Waals surface area (Å²) < 4.78 is 1.48. The van der Waals surface area contributed by atoms with Crippen LogP contribution in [0.2, 0.25) is 0 Å². The van der Waals surface area contributed by atoms with Gasteiger partial charge in [0.25, 0.3) is 0 Å². The molecule has 0 unspecified atom stereocenters. The Morgan fingerprint density at radius 1 is 1.14 bits per heavy atom. The summed E-state index contributed by atoms with van der Waals surface area (Å²) in [5.41, 5.74) is 5.86. The molecule has 9 heteroatoms. The van der Waals surface area contributed by atoms with Crippen molar-refractivity contribution in [3.8, 4) is 0 Å². The van der Waals surface area contributed by atoms with Crippen molar-refractivity contribution in [1.29, 1.82) is 0 Å². The molecule has 2 rings (SSSR count). The lowest BCUT2D eigenvalue weighted by Crippen LogP contribution is -2.12. The Balaban J connectivity index is 1.70. The quantitative estimate of drug-likeness (QED) is 0.706. The van der Waals surface area contributed by atoms with E-state index in [2.05, 4.69) is 15.5 Å². The van der Waals surface area contributed by atoms with Gasteiger partial charge in [-0.3, -0.25) is 9.59 Å². The van der Waals surface area contributed by atoms with Crippen LogP contribution >= 0.6 is 34.9 Å². The van der Waals surface area contributed by atoms with Gasteiger partial charge in [-0.15, -0.1) is 10.2 Å². The summed E-state index contributed by atoms with van der Waals surface area (Å²) in [6.45, 7) is 0. The van der Waals surface area contributed by atoms with Crippen molar-refractivity contribution < 1.29 is 9.59 Å². The normalized spacial score (nSPS) is 10.4. The Morgan fingerprint density at radius 3 is 2.50 bits per heavy atom. The van der Waals surface area contributed by atoms with Crippen molar-refractivity contribution in [2.24, 2.45) is 5.73 Å². The van der Waals surface area contributed by atoms with E-state index in [0.29, 0.717) is 16.5 Å². The average molecular weight is 354 g/mol. The maximum Gasteiger partial charge on any atom is 0.227 e. The number of nitrogens with zero attached hydrogens (tertiary/aromatic N) is 2. The van der Waals surface area contributed by atoms with Crippen LogP contribution in [0, 0.1) is 0 Å². The largest absolute Gasteiger partial charge is 0.369 e. The highest BCUT2D eigenvalue weighted by atomic mass is 32.2. The van der Waals surface area contributed by atoms with Gasteiger partial charge in [0.1, 0.15) is 0 Å². The fourth-order valence-corrected chi connectivity index (χ4v) is 4.19. The Labute approximate surface area is 140 Å². The Bertz CT molecular complexity index is 633. The van der Waals surface area contributed by atoms with E-state index in [1.165, 1.54) is 34.9 Å². The third-order valence-electron chi connectivity index (χ3n) is 2.34. The molecular formula is C13H14N4O2S3. The molecule has 6 nitrogen and oxygen atoms in total. The number of carbonyl (C=O) groups excluding carboxylic acids is 2. The molecule has 22 heavy (non-hydrogen) atoms. The first-order valence-electron chi connectivity index (χ1n) is 6.36.